The van der Waals surface area contributed by atoms with Crippen LogP contribution in [-0.4, -0.2) is 11.7 Å². The van der Waals surface area contributed by atoms with Crippen molar-refractivity contribution in [2.24, 2.45) is 0 Å². The van der Waals surface area contributed by atoms with Crippen LogP contribution in [0.4, 0.5) is 5.69 Å². The van der Waals surface area contributed by atoms with E-state index in [2.05, 4.69) is 54.7 Å². The first kappa shape index (κ1) is 14.6. The van der Waals surface area contributed by atoms with E-state index >= 15 is 0 Å². The molecule has 2 N–H and O–H groups in total. The number of aliphatic hydroxyl groups is 1. The third-order valence-electron chi connectivity index (χ3n) is 3.66. The Labute approximate surface area is 121 Å². The van der Waals surface area contributed by atoms with E-state index in [9.17, 15) is 5.11 Å². The van der Waals surface area contributed by atoms with E-state index in [1.165, 1.54) is 11.1 Å². The Morgan fingerprint density at radius 1 is 1.05 bits per heavy atom. The highest BCUT2D eigenvalue weighted by molar-refractivity contribution is 5.45. The van der Waals surface area contributed by atoms with Crippen molar-refractivity contribution >= 4 is 5.69 Å². The maximum Gasteiger partial charge on any atom is 0.0964 e. The number of anilines is 1. The van der Waals surface area contributed by atoms with E-state index in [1.807, 2.05) is 13.8 Å². The Hall–Kier alpha value is -1.80. The van der Waals surface area contributed by atoms with Gasteiger partial charge in [0.15, 0.2) is 0 Å². The molecule has 1 unspecified atom stereocenters. The molecule has 106 valence electrons. The third-order valence-corrected chi connectivity index (χ3v) is 3.66. The summed E-state index contributed by atoms with van der Waals surface area (Å²) in [7, 11) is 0. The first-order chi connectivity index (χ1) is 9.60. The SMILES string of the molecule is CCc1ccc(NCC(O)c2cc(C)ccc2C)cc1. The molecule has 0 saturated heterocycles. The Morgan fingerprint density at radius 3 is 2.40 bits per heavy atom. The average molecular weight is 269 g/mol. The number of rotatable bonds is 5. The van der Waals surface area contributed by atoms with Gasteiger partial charge >= 0.3 is 0 Å². The van der Waals surface area contributed by atoms with Crippen LogP contribution in [-0.2, 0) is 6.42 Å². The van der Waals surface area contributed by atoms with E-state index < -0.39 is 6.10 Å². The van der Waals surface area contributed by atoms with Crippen LogP contribution in [0.3, 0.4) is 0 Å². The monoisotopic (exact) mass is 269 g/mol. The van der Waals surface area contributed by atoms with E-state index in [-0.39, 0.29) is 0 Å². The summed E-state index contributed by atoms with van der Waals surface area (Å²) in [6.45, 7) is 6.75. The molecule has 2 heteroatoms. The molecule has 0 heterocycles. The van der Waals surface area contributed by atoms with Gasteiger partial charge in [-0.25, -0.2) is 0 Å². The first-order valence-corrected chi connectivity index (χ1v) is 7.18. The summed E-state index contributed by atoms with van der Waals surface area (Å²) in [4.78, 5) is 0. The molecular weight excluding hydrogens is 246 g/mol. The summed E-state index contributed by atoms with van der Waals surface area (Å²) in [6, 6.07) is 14.6. The zero-order valence-corrected chi connectivity index (χ0v) is 12.5. The Kier molecular flexibility index (Phi) is 4.80. The Balaban J connectivity index is 2.00. The molecule has 0 bridgehead atoms. The molecule has 0 fully saturated rings. The van der Waals surface area contributed by atoms with Gasteiger partial charge in [0.25, 0.3) is 0 Å². The minimum Gasteiger partial charge on any atom is -0.387 e. The molecular formula is C18H23NO. The second kappa shape index (κ2) is 6.58. The zero-order chi connectivity index (χ0) is 14.5. The predicted octanol–water partition coefficient (Wildman–Crippen LogP) is 4.01. The minimum absolute atomic E-state index is 0.485. The normalized spacial score (nSPS) is 12.2. The highest BCUT2D eigenvalue weighted by atomic mass is 16.3. The van der Waals surface area contributed by atoms with Gasteiger partial charge in [-0.3, -0.25) is 0 Å². The summed E-state index contributed by atoms with van der Waals surface area (Å²) >= 11 is 0. The summed E-state index contributed by atoms with van der Waals surface area (Å²) in [5.74, 6) is 0. The Morgan fingerprint density at radius 2 is 1.75 bits per heavy atom. The second-order valence-corrected chi connectivity index (χ2v) is 5.31. The van der Waals surface area contributed by atoms with Crippen LogP contribution in [0.2, 0.25) is 0 Å². The van der Waals surface area contributed by atoms with Gasteiger partial charge in [-0.15, -0.1) is 0 Å². The molecule has 0 aliphatic rings. The molecule has 2 aromatic carbocycles. The molecule has 0 spiro atoms. The molecule has 0 aromatic heterocycles. The number of aliphatic hydroxyl groups excluding tert-OH is 1. The van der Waals surface area contributed by atoms with Crippen molar-refractivity contribution in [3.05, 3.63) is 64.7 Å². The van der Waals surface area contributed by atoms with Crippen molar-refractivity contribution < 1.29 is 5.11 Å². The second-order valence-electron chi connectivity index (χ2n) is 5.31. The predicted molar refractivity (Wildman–Crippen MR) is 85.2 cm³/mol. The molecule has 2 nitrogen and oxygen atoms in total. The highest BCUT2D eigenvalue weighted by Gasteiger charge is 2.10. The fraction of sp³-hybridized carbons (Fsp3) is 0.333. The van der Waals surface area contributed by atoms with E-state index in [4.69, 9.17) is 0 Å². The minimum atomic E-state index is -0.485. The summed E-state index contributed by atoms with van der Waals surface area (Å²) < 4.78 is 0. The lowest BCUT2D eigenvalue weighted by Crippen LogP contribution is -2.13. The zero-order valence-electron chi connectivity index (χ0n) is 12.5. The molecule has 0 aliphatic heterocycles. The highest BCUT2D eigenvalue weighted by Crippen LogP contribution is 2.20. The van der Waals surface area contributed by atoms with E-state index in [0.29, 0.717) is 6.54 Å². The molecule has 2 rings (SSSR count). The summed E-state index contributed by atoms with van der Waals surface area (Å²) in [5, 5.41) is 13.6. The van der Waals surface area contributed by atoms with Crippen LogP contribution in [0, 0.1) is 13.8 Å². The van der Waals surface area contributed by atoms with Crippen LogP contribution < -0.4 is 5.32 Å². The molecule has 1 atom stereocenters. The number of benzene rings is 2. The van der Waals surface area contributed by atoms with Crippen LogP contribution in [0.15, 0.2) is 42.5 Å². The van der Waals surface area contributed by atoms with Gasteiger partial charge in [-0.1, -0.05) is 42.8 Å². The van der Waals surface area contributed by atoms with Crippen molar-refractivity contribution in [2.45, 2.75) is 33.3 Å². The summed E-state index contributed by atoms with van der Waals surface area (Å²) in [6.07, 6.45) is 0.562. The third kappa shape index (κ3) is 3.61. The maximum absolute atomic E-state index is 10.3. The topological polar surface area (TPSA) is 32.3 Å². The van der Waals surface area contributed by atoms with Gasteiger partial charge < -0.3 is 10.4 Å². The van der Waals surface area contributed by atoms with Crippen molar-refractivity contribution in [2.75, 3.05) is 11.9 Å². The molecule has 0 amide bonds. The number of nitrogens with one attached hydrogen (secondary N) is 1. The first-order valence-electron chi connectivity index (χ1n) is 7.18. The molecule has 0 aliphatic carbocycles. The quantitative estimate of drug-likeness (QED) is 0.859. The lowest BCUT2D eigenvalue weighted by atomic mass is 10.0. The van der Waals surface area contributed by atoms with Crippen LogP contribution in [0.25, 0.3) is 0 Å². The lowest BCUT2D eigenvalue weighted by molar-refractivity contribution is 0.191. The van der Waals surface area contributed by atoms with Crippen molar-refractivity contribution in [1.29, 1.82) is 0 Å². The lowest BCUT2D eigenvalue weighted by Gasteiger charge is -2.16. The Bertz CT molecular complexity index is 560. The number of hydrogen-bond donors (Lipinski definition) is 2. The fourth-order valence-corrected chi connectivity index (χ4v) is 2.30. The van der Waals surface area contributed by atoms with Gasteiger partial charge in [0.05, 0.1) is 6.10 Å². The van der Waals surface area contributed by atoms with Gasteiger partial charge in [0.2, 0.25) is 0 Å². The van der Waals surface area contributed by atoms with Crippen LogP contribution in [0.1, 0.15) is 35.3 Å². The summed E-state index contributed by atoms with van der Waals surface area (Å²) in [5.41, 5.74) is 5.68. The van der Waals surface area contributed by atoms with Gasteiger partial charge in [0.1, 0.15) is 0 Å². The molecule has 2 aromatic rings. The van der Waals surface area contributed by atoms with Crippen LogP contribution >= 0.6 is 0 Å². The smallest absolute Gasteiger partial charge is 0.0964 e. The van der Waals surface area contributed by atoms with Crippen molar-refractivity contribution in [1.82, 2.24) is 0 Å². The molecule has 0 saturated carbocycles. The van der Waals surface area contributed by atoms with Gasteiger partial charge in [0, 0.05) is 12.2 Å². The number of hydrogen-bond acceptors (Lipinski definition) is 2. The van der Waals surface area contributed by atoms with Gasteiger partial charge in [-0.05, 0) is 49.1 Å². The largest absolute Gasteiger partial charge is 0.387 e. The fourth-order valence-electron chi connectivity index (χ4n) is 2.30. The van der Waals surface area contributed by atoms with Crippen molar-refractivity contribution in [3.63, 3.8) is 0 Å². The van der Waals surface area contributed by atoms with Crippen LogP contribution in [0.5, 0.6) is 0 Å². The van der Waals surface area contributed by atoms with Crippen molar-refractivity contribution in [3.8, 4) is 0 Å². The average Bonchev–Trinajstić information content (AvgIpc) is 2.47. The molecule has 20 heavy (non-hydrogen) atoms. The van der Waals surface area contributed by atoms with Gasteiger partial charge in [-0.2, -0.15) is 0 Å². The van der Waals surface area contributed by atoms with E-state index in [1.54, 1.807) is 0 Å². The molecule has 0 radical (unpaired) electrons. The maximum atomic E-state index is 10.3. The standard InChI is InChI=1S/C18H23NO/c1-4-15-7-9-16(10-8-15)19-12-18(20)17-11-13(2)5-6-14(17)3/h5-11,18-20H,4,12H2,1-3H3. The number of aryl methyl sites for hydroxylation is 3. The van der Waals surface area contributed by atoms with E-state index in [0.717, 1.165) is 23.2 Å².